The molecule has 3 rings (SSSR count). The lowest BCUT2D eigenvalue weighted by Gasteiger charge is -2.17. The van der Waals surface area contributed by atoms with Crippen molar-refractivity contribution in [1.82, 2.24) is 0 Å². The Balaban J connectivity index is 1.89. The molecule has 0 spiro atoms. The Morgan fingerprint density at radius 2 is 1.75 bits per heavy atom. The largest absolute Gasteiger partial charge is 0.312 e. The Labute approximate surface area is 138 Å². The summed E-state index contributed by atoms with van der Waals surface area (Å²) >= 11 is 0. The lowest BCUT2D eigenvalue weighted by molar-refractivity contribution is -0.117. The minimum absolute atomic E-state index is 0.0257. The normalized spacial score (nSPS) is 14.9. The summed E-state index contributed by atoms with van der Waals surface area (Å²) in [4.78, 5) is 12.8. The molecule has 0 saturated carbocycles. The molecule has 8 heteroatoms. The Hall–Kier alpha value is -2.48. The monoisotopic (exact) mass is 352 g/mol. The van der Waals surface area contributed by atoms with Crippen LogP contribution in [0.4, 0.5) is 20.2 Å². The molecule has 1 saturated heterocycles. The van der Waals surface area contributed by atoms with E-state index in [1.54, 1.807) is 17.0 Å². The van der Waals surface area contributed by atoms with E-state index in [-0.39, 0.29) is 11.6 Å². The third-order valence-electron chi connectivity index (χ3n) is 3.63. The van der Waals surface area contributed by atoms with Crippen molar-refractivity contribution in [3.05, 3.63) is 54.1 Å². The van der Waals surface area contributed by atoms with Crippen molar-refractivity contribution >= 4 is 27.3 Å². The number of halogens is 2. The highest BCUT2D eigenvalue weighted by Crippen LogP contribution is 2.26. The summed E-state index contributed by atoms with van der Waals surface area (Å²) in [5, 5.41) is 0. The van der Waals surface area contributed by atoms with E-state index >= 15 is 0 Å². The van der Waals surface area contributed by atoms with E-state index in [4.69, 9.17) is 0 Å². The van der Waals surface area contributed by atoms with Gasteiger partial charge >= 0.3 is 0 Å². The molecule has 24 heavy (non-hydrogen) atoms. The molecule has 0 unspecified atom stereocenters. The number of carbonyl (C=O) groups excluding carboxylic acids is 1. The number of hydrogen-bond donors (Lipinski definition) is 1. The first-order chi connectivity index (χ1) is 11.3. The molecule has 5 nitrogen and oxygen atoms in total. The lowest BCUT2D eigenvalue weighted by Crippen LogP contribution is -2.23. The zero-order valence-electron chi connectivity index (χ0n) is 12.5. The van der Waals surface area contributed by atoms with Gasteiger partial charge in [0.05, 0.1) is 10.6 Å². The maximum Gasteiger partial charge on any atom is 0.262 e. The smallest absolute Gasteiger partial charge is 0.262 e. The van der Waals surface area contributed by atoms with Crippen LogP contribution in [0.3, 0.4) is 0 Å². The van der Waals surface area contributed by atoms with E-state index in [0.29, 0.717) is 24.7 Å². The van der Waals surface area contributed by atoms with Crippen molar-refractivity contribution < 1.29 is 22.0 Å². The van der Waals surface area contributed by atoms with E-state index in [2.05, 4.69) is 4.72 Å². The highest BCUT2D eigenvalue weighted by molar-refractivity contribution is 7.92. The van der Waals surface area contributed by atoms with Gasteiger partial charge in [-0.05, 0) is 36.8 Å². The van der Waals surface area contributed by atoms with Crippen molar-refractivity contribution in [1.29, 1.82) is 0 Å². The molecule has 1 N–H and O–H groups in total. The molecule has 0 radical (unpaired) electrons. The van der Waals surface area contributed by atoms with Crippen molar-refractivity contribution in [2.24, 2.45) is 0 Å². The first-order valence-corrected chi connectivity index (χ1v) is 8.73. The van der Waals surface area contributed by atoms with E-state index in [1.807, 2.05) is 0 Å². The number of nitrogens with one attached hydrogen (secondary N) is 1. The minimum Gasteiger partial charge on any atom is -0.312 e. The van der Waals surface area contributed by atoms with Crippen LogP contribution >= 0.6 is 0 Å². The molecule has 0 bridgehead atoms. The molecule has 1 amide bonds. The van der Waals surface area contributed by atoms with Gasteiger partial charge in [-0.3, -0.25) is 9.52 Å². The molecule has 2 aromatic carbocycles. The van der Waals surface area contributed by atoms with Crippen LogP contribution in [-0.4, -0.2) is 20.9 Å². The lowest BCUT2D eigenvalue weighted by atomic mass is 10.2. The summed E-state index contributed by atoms with van der Waals surface area (Å²) in [7, 11) is -4.15. The highest BCUT2D eigenvalue weighted by Gasteiger charge is 2.22. The second-order valence-corrected chi connectivity index (χ2v) is 7.09. The summed E-state index contributed by atoms with van der Waals surface area (Å²) < 4.78 is 53.3. The van der Waals surface area contributed by atoms with Crippen LogP contribution in [0.2, 0.25) is 0 Å². The Morgan fingerprint density at radius 3 is 2.38 bits per heavy atom. The topological polar surface area (TPSA) is 66.5 Å². The predicted octanol–water partition coefficient (Wildman–Crippen LogP) is 2.89. The summed E-state index contributed by atoms with van der Waals surface area (Å²) in [6, 6.07) is 8.37. The van der Waals surface area contributed by atoms with Gasteiger partial charge in [0.1, 0.15) is 11.6 Å². The fraction of sp³-hybridized carbons (Fsp3) is 0.188. The molecule has 1 fully saturated rings. The van der Waals surface area contributed by atoms with Crippen LogP contribution in [0.1, 0.15) is 12.8 Å². The number of benzene rings is 2. The number of rotatable bonds is 4. The number of carbonyl (C=O) groups is 1. The van der Waals surface area contributed by atoms with Gasteiger partial charge in [-0.15, -0.1) is 0 Å². The van der Waals surface area contributed by atoms with Crippen LogP contribution in [0.25, 0.3) is 0 Å². The van der Waals surface area contributed by atoms with Gasteiger partial charge in [0.25, 0.3) is 10.0 Å². The van der Waals surface area contributed by atoms with Crippen LogP contribution in [-0.2, 0) is 14.8 Å². The SMILES string of the molecule is O=C1CCCN1c1cccc(NS(=O)(=O)c2cc(F)cc(F)c2)c1. The van der Waals surface area contributed by atoms with E-state index in [0.717, 1.165) is 18.6 Å². The van der Waals surface area contributed by atoms with Gasteiger partial charge < -0.3 is 4.90 Å². The zero-order valence-corrected chi connectivity index (χ0v) is 13.3. The van der Waals surface area contributed by atoms with Crippen molar-refractivity contribution in [3.8, 4) is 0 Å². The molecular weight excluding hydrogens is 338 g/mol. The van der Waals surface area contributed by atoms with E-state index < -0.39 is 26.6 Å². The number of sulfonamides is 1. The minimum atomic E-state index is -4.15. The molecule has 0 atom stereocenters. The summed E-state index contributed by atoms with van der Waals surface area (Å²) in [6.45, 7) is 0.574. The molecule has 1 aliphatic heterocycles. The second-order valence-electron chi connectivity index (χ2n) is 5.41. The molecule has 0 aromatic heterocycles. The maximum atomic E-state index is 13.2. The van der Waals surface area contributed by atoms with Gasteiger partial charge in [0.15, 0.2) is 0 Å². The van der Waals surface area contributed by atoms with Gasteiger partial charge in [-0.2, -0.15) is 0 Å². The Morgan fingerprint density at radius 1 is 1.04 bits per heavy atom. The summed E-state index contributed by atoms with van der Waals surface area (Å²) in [5.74, 6) is -1.99. The molecule has 2 aromatic rings. The first kappa shape index (κ1) is 16.4. The number of amides is 1. The second kappa shape index (κ2) is 6.20. The van der Waals surface area contributed by atoms with E-state index in [1.165, 1.54) is 12.1 Å². The average molecular weight is 352 g/mol. The Kier molecular flexibility index (Phi) is 4.23. The number of anilines is 2. The fourth-order valence-corrected chi connectivity index (χ4v) is 3.65. The highest BCUT2D eigenvalue weighted by atomic mass is 32.2. The molecule has 1 heterocycles. The number of nitrogens with zero attached hydrogens (tertiary/aromatic N) is 1. The molecule has 0 aliphatic carbocycles. The fourth-order valence-electron chi connectivity index (χ4n) is 2.56. The quantitative estimate of drug-likeness (QED) is 0.920. The summed E-state index contributed by atoms with van der Waals surface area (Å²) in [6.07, 6.45) is 1.20. The van der Waals surface area contributed by atoms with Crippen LogP contribution in [0.5, 0.6) is 0 Å². The van der Waals surface area contributed by atoms with Crippen molar-refractivity contribution in [2.75, 3.05) is 16.2 Å². The Bertz CT molecular complexity index is 880. The van der Waals surface area contributed by atoms with Crippen LogP contribution in [0.15, 0.2) is 47.4 Å². The summed E-state index contributed by atoms with van der Waals surface area (Å²) in [5.41, 5.74) is 0.778. The van der Waals surface area contributed by atoms with Gasteiger partial charge in [0.2, 0.25) is 5.91 Å². The number of hydrogen-bond acceptors (Lipinski definition) is 3. The standard InChI is InChI=1S/C16H14F2N2O3S/c17-11-7-12(18)9-15(8-11)24(22,23)19-13-3-1-4-14(10-13)20-6-2-5-16(20)21/h1,3-4,7-10,19H,2,5-6H2. The van der Waals surface area contributed by atoms with Crippen LogP contribution < -0.4 is 9.62 Å². The predicted molar refractivity (Wildman–Crippen MR) is 85.2 cm³/mol. The first-order valence-electron chi connectivity index (χ1n) is 7.24. The van der Waals surface area contributed by atoms with Crippen LogP contribution in [0, 0.1) is 11.6 Å². The molecule has 126 valence electrons. The third kappa shape index (κ3) is 3.38. The van der Waals surface area contributed by atoms with Gasteiger partial charge in [-0.25, -0.2) is 17.2 Å². The van der Waals surface area contributed by atoms with Gasteiger partial charge in [-0.1, -0.05) is 6.07 Å². The maximum absolute atomic E-state index is 13.2. The zero-order chi connectivity index (χ0) is 17.3. The van der Waals surface area contributed by atoms with Crippen molar-refractivity contribution in [3.63, 3.8) is 0 Å². The van der Waals surface area contributed by atoms with E-state index in [9.17, 15) is 22.0 Å². The third-order valence-corrected chi connectivity index (χ3v) is 4.99. The van der Waals surface area contributed by atoms with Crippen molar-refractivity contribution in [2.45, 2.75) is 17.7 Å². The average Bonchev–Trinajstić information content (AvgIpc) is 2.92. The molecular formula is C16H14F2N2O3S. The molecule has 1 aliphatic rings. The van der Waals surface area contributed by atoms with Gasteiger partial charge in [0, 0.05) is 24.7 Å².